The van der Waals surface area contributed by atoms with Crippen molar-refractivity contribution in [3.8, 4) is 0 Å². The Bertz CT molecular complexity index is 636. The van der Waals surface area contributed by atoms with Gasteiger partial charge in [0.25, 0.3) is 0 Å². The molecule has 6 nitrogen and oxygen atoms in total. The van der Waals surface area contributed by atoms with E-state index in [1.807, 2.05) is 30.3 Å². The van der Waals surface area contributed by atoms with Crippen LogP contribution in [0, 0.1) is 6.92 Å². The average Bonchev–Trinajstić information content (AvgIpc) is 3.20. The Morgan fingerprint density at radius 1 is 1.22 bits per heavy atom. The van der Waals surface area contributed by atoms with Gasteiger partial charge in [-0.15, -0.1) is 11.3 Å². The SMILES string of the molecule is Cc1ccsc1CN(C)CN1C(=O)C(=O)N(C2CCCC2)C1=O. The van der Waals surface area contributed by atoms with Gasteiger partial charge in [0.15, 0.2) is 0 Å². The second kappa shape index (κ2) is 6.41. The number of aryl methyl sites for hydroxylation is 1. The van der Waals surface area contributed by atoms with E-state index in [0.717, 1.165) is 30.6 Å². The monoisotopic (exact) mass is 335 g/mol. The van der Waals surface area contributed by atoms with Crippen molar-refractivity contribution in [2.24, 2.45) is 0 Å². The Balaban J connectivity index is 1.67. The van der Waals surface area contributed by atoms with Gasteiger partial charge >= 0.3 is 17.8 Å². The fraction of sp³-hybridized carbons (Fsp3) is 0.562. The third kappa shape index (κ3) is 3.03. The van der Waals surface area contributed by atoms with Gasteiger partial charge < -0.3 is 0 Å². The van der Waals surface area contributed by atoms with E-state index in [1.54, 1.807) is 11.3 Å². The maximum absolute atomic E-state index is 12.5. The molecule has 4 amide bonds. The third-order valence-electron chi connectivity index (χ3n) is 4.54. The van der Waals surface area contributed by atoms with Crippen molar-refractivity contribution in [1.29, 1.82) is 0 Å². The molecule has 0 spiro atoms. The minimum atomic E-state index is -0.698. The van der Waals surface area contributed by atoms with Crippen molar-refractivity contribution in [1.82, 2.24) is 14.7 Å². The predicted octanol–water partition coefficient (Wildman–Crippen LogP) is 2.18. The van der Waals surface area contributed by atoms with Gasteiger partial charge in [0.1, 0.15) is 0 Å². The van der Waals surface area contributed by atoms with Crippen LogP contribution in [-0.4, -0.2) is 52.3 Å². The highest BCUT2D eigenvalue weighted by molar-refractivity contribution is 7.10. The standard InChI is InChI=1S/C16H21N3O3S/c1-11-7-8-23-13(11)9-17(2)10-18-14(20)15(21)19(16(18)22)12-5-3-4-6-12/h7-8,12H,3-6,9-10H2,1-2H3. The van der Waals surface area contributed by atoms with Crippen LogP contribution < -0.4 is 0 Å². The van der Waals surface area contributed by atoms with Crippen LogP contribution in [0.2, 0.25) is 0 Å². The summed E-state index contributed by atoms with van der Waals surface area (Å²) in [5.41, 5.74) is 1.20. The first kappa shape index (κ1) is 16.1. The van der Waals surface area contributed by atoms with Gasteiger partial charge in [-0.2, -0.15) is 0 Å². The van der Waals surface area contributed by atoms with E-state index in [1.165, 1.54) is 15.3 Å². The van der Waals surface area contributed by atoms with Gasteiger partial charge in [0, 0.05) is 17.5 Å². The smallest absolute Gasteiger partial charge is 0.283 e. The van der Waals surface area contributed by atoms with E-state index >= 15 is 0 Å². The molecule has 2 heterocycles. The maximum atomic E-state index is 12.5. The number of urea groups is 1. The first-order valence-electron chi connectivity index (χ1n) is 7.89. The Morgan fingerprint density at radius 3 is 2.52 bits per heavy atom. The number of carbonyl (C=O) groups excluding carboxylic acids is 3. The van der Waals surface area contributed by atoms with Gasteiger partial charge in [-0.1, -0.05) is 12.8 Å². The molecule has 0 aromatic carbocycles. The van der Waals surface area contributed by atoms with Crippen LogP contribution in [0.5, 0.6) is 0 Å². The first-order chi connectivity index (χ1) is 11.0. The van der Waals surface area contributed by atoms with Crippen LogP contribution in [0.3, 0.4) is 0 Å². The Hall–Kier alpha value is -1.73. The lowest BCUT2D eigenvalue weighted by atomic mass is 10.2. The number of thiophene rings is 1. The molecule has 0 bridgehead atoms. The Morgan fingerprint density at radius 2 is 1.91 bits per heavy atom. The number of imide groups is 2. The topological polar surface area (TPSA) is 60.9 Å². The molecule has 23 heavy (non-hydrogen) atoms. The molecule has 0 N–H and O–H groups in total. The molecular formula is C16H21N3O3S. The molecule has 124 valence electrons. The van der Waals surface area contributed by atoms with Crippen LogP contribution in [0.15, 0.2) is 11.4 Å². The lowest BCUT2D eigenvalue weighted by Gasteiger charge is -2.24. The van der Waals surface area contributed by atoms with Gasteiger partial charge in [-0.3, -0.25) is 19.4 Å². The average molecular weight is 335 g/mol. The van der Waals surface area contributed by atoms with Gasteiger partial charge in [0.05, 0.1) is 6.67 Å². The van der Waals surface area contributed by atoms with Crippen LogP contribution >= 0.6 is 11.3 Å². The first-order valence-corrected chi connectivity index (χ1v) is 8.77. The molecule has 7 heteroatoms. The summed E-state index contributed by atoms with van der Waals surface area (Å²) in [5, 5.41) is 2.02. The summed E-state index contributed by atoms with van der Waals surface area (Å²) < 4.78 is 0. The van der Waals surface area contributed by atoms with Crippen LogP contribution in [0.1, 0.15) is 36.1 Å². The Kier molecular flexibility index (Phi) is 4.50. The molecule has 1 saturated carbocycles. The van der Waals surface area contributed by atoms with Gasteiger partial charge in [-0.05, 0) is 43.8 Å². The zero-order valence-electron chi connectivity index (χ0n) is 13.4. The zero-order chi connectivity index (χ0) is 16.6. The summed E-state index contributed by atoms with van der Waals surface area (Å²) in [4.78, 5) is 42.2. The normalized spacial score (nSPS) is 19.7. The lowest BCUT2D eigenvalue weighted by Crippen LogP contribution is -2.42. The summed E-state index contributed by atoms with van der Waals surface area (Å²) in [7, 11) is 1.85. The minimum absolute atomic E-state index is 0.103. The fourth-order valence-electron chi connectivity index (χ4n) is 3.23. The molecule has 1 aliphatic heterocycles. The van der Waals surface area contributed by atoms with E-state index in [0.29, 0.717) is 6.54 Å². The molecular weight excluding hydrogens is 314 g/mol. The van der Waals surface area contributed by atoms with Crippen LogP contribution in [-0.2, 0) is 16.1 Å². The fourth-order valence-corrected chi connectivity index (χ4v) is 4.22. The van der Waals surface area contributed by atoms with Crippen molar-refractivity contribution in [2.75, 3.05) is 13.7 Å². The van der Waals surface area contributed by atoms with Crippen molar-refractivity contribution >= 4 is 29.2 Å². The highest BCUT2D eigenvalue weighted by Crippen LogP contribution is 2.28. The molecule has 2 aliphatic rings. The van der Waals surface area contributed by atoms with Gasteiger partial charge in [-0.25, -0.2) is 9.69 Å². The van der Waals surface area contributed by atoms with Gasteiger partial charge in [0.2, 0.25) is 0 Å². The molecule has 1 saturated heterocycles. The van der Waals surface area contributed by atoms with Crippen LogP contribution in [0.25, 0.3) is 0 Å². The largest absolute Gasteiger partial charge is 0.335 e. The summed E-state index contributed by atoms with van der Waals surface area (Å²) >= 11 is 1.65. The molecule has 0 unspecified atom stereocenters. The summed E-state index contributed by atoms with van der Waals surface area (Å²) in [5.74, 6) is -1.36. The number of carbonyl (C=O) groups is 3. The molecule has 2 fully saturated rings. The molecule has 1 aromatic rings. The quantitative estimate of drug-likeness (QED) is 0.611. The number of hydrogen-bond acceptors (Lipinski definition) is 5. The lowest BCUT2D eigenvalue weighted by molar-refractivity contribution is -0.144. The van der Waals surface area contributed by atoms with E-state index in [9.17, 15) is 14.4 Å². The molecule has 0 atom stereocenters. The number of amides is 4. The summed E-state index contributed by atoms with van der Waals surface area (Å²) in [6.45, 7) is 2.83. The van der Waals surface area contributed by atoms with E-state index < -0.39 is 17.8 Å². The summed E-state index contributed by atoms with van der Waals surface area (Å²) in [6, 6.07) is 1.49. The van der Waals surface area contributed by atoms with E-state index in [2.05, 4.69) is 0 Å². The molecule has 0 radical (unpaired) electrons. The highest BCUT2D eigenvalue weighted by atomic mass is 32.1. The maximum Gasteiger partial charge on any atom is 0.335 e. The van der Waals surface area contributed by atoms with E-state index in [-0.39, 0.29) is 12.7 Å². The van der Waals surface area contributed by atoms with Crippen molar-refractivity contribution in [2.45, 2.75) is 45.2 Å². The number of nitrogens with zero attached hydrogens (tertiary/aromatic N) is 3. The molecule has 1 aromatic heterocycles. The minimum Gasteiger partial charge on any atom is -0.283 e. The highest BCUT2D eigenvalue weighted by Gasteiger charge is 2.48. The van der Waals surface area contributed by atoms with Crippen molar-refractivity contribution in [3.05, 3.63) is 21.9 Å². The second-order valence-electron chi connectivity index (χ2n) is 6.31. The Labute approximate surface area is 139 Å². The number of hydrogen-bond donors (Lipinski definition) is 0. The van der Waals surface area contributed by atoms with Crippen molar-refractivity contribution in [3.63, 3.8) is 0 Å². The summed E-state index contributed by atoms with van der Waals surface area (Å²) in [6.07, 6.45) is 3.63. The second-order valence-corrected chi connectivity index (χ2v) is 7.31. The van der Waals surface area contributed by atoms with Crippen molar-refractivity contribution < 1.29 is 14.4 Å². The van der Waals surface area contributed by atoms with E-state index in [4.69, 9.17) is 0 Å². The zero-order valence-corrected chi connectivity index (χ0v) is 14.3. The number of rotatable bonds is 5. The molecule has 3 rings (SSSR count). The third-order valence-corrected chi connectivity index (χ3v) is 5.55. The predicted molar refractivity (Wildman–Crippen MR) is 86.7 cm³/mol. The van der Waals surface area contributed by atoms with Crippen LogP contribution in [0.4, 0.5) is 4.79 Å². The molecule has 1 aliphatic carbocycles.